The van der Waals surface area contributed by atoms with Crippen LogP contribution < -0.4 is 4.90 Å². The van der Waals surface area contributed by atoms with Gasteiger partial charge in [-0.25, -0.2) is 0 Å². The van der Waals surface area contributed by atoms with Crippen LogP contribution in [0.3, 0.4) is 0 Å². The minimum atomic E-state index is 0.469. The number of fused-ring (bicyclic) bond motifs is 4. The summed E-state index contributed by atoms with van der Waals surface area (Å²) in [6.45, 7) is 8.85. The van der Waals surface area contributed by atoms with Crippen molar-refractivity contribution in [1.29, 1.82) is 0 Å². The normalized spacial score (nSPS) is 30.6. The Hall–Kier alpha value is -1.09. The number of aromatic nitrogens is 1. The smallest absolute Gasteiger partial charge is 0.0795 e. The highest BCUT2D eigenvalue weighted by Gasteiger charge is 2.39. The molecule has 3 heterocycles. The molecule has 1 aromatic rings. The SMILES string of the molecule is Cc1cc(C)c(N2C3CCC(CC3)N(C)[C@@H]2C)c(C)n1. The van der Waals surface area contributed by atoms with E-state index in [4.69, 9.17) is 4.98 Å². The molecular formula is C17H27N3. The second-order valence-corrected chi connectivity index (χ2v) is 6.68. The summed E-state index contributed by atoms with van der Waals surface area (Å²) in [5.41, 5.74) is 5.07. The average molecular weight is 273 g/mol. The molecule has 3 fully saturated rings. The standard InChI is InChI=1S/C17H27N3/c1-11-10-12(2)18-13(3)17(11)20-14(4)19(5)15-6-8-16(20)9-7-15/h10,14-16H,6-9H2,1-5H3/t14-,15?,16?/m0/s1. The van der Waals surface area contributed by atoms with E-state index in [1.807, 2.05) is 0 Å². The van der Waals surface area contributed by atoms with Crippen LogP contribution >= 0.6 is 0 Å². The van der Waals surface area contributed by atoms with Gasteiger partial charge in [-0.15, -0.1) is 0 Å². The lowest BCUT2D eigenvalue weighted by Gasteiger charge is -2.39. The van der Waals surface area contributed by atoms with E-state index in [-0.39, 0.29) is 0 Å². The van der Waals surface area contributed by atoms with Crippen molar-refractivity contribution >= 4 is 5.69 Å². The molecule has 1 saturated carbocycles. The van der Waals surface area contributed by atoms with Gasteiger partial charge in [-0.1, -0.05) is 0 Å². The molecule has 3 nitrogen and oxygen atoms in total. The van der Waals surface area contributed by atoms with Crippen molar-refractivity contribution in [2.45, 2.75) is 71.6 Å². The molecule has 0 N–H and O–H groups in total. The third-order valence-corrected chi connectivity index (χ3v) is 5.37. The molecule has 0 unspecified atom stereocenters. The Labute approximate surface area is 123 Å². The molecule has 2 bridgehead atoms. The minimum absolute atomic E-state index is 0.469. The Balaban J connectivity index is 2.08. The second kappa shape index (κ2) is 5.03. The first kappa shape index (κ1) is 13.9. The molecule has 3 heteroatoms. The molecule has 3 aliphatic rings. The van der Waals surface area contributed by atoms with Crippen molar-refractivity contribution in [3.8, 4) is 0 Å². The third kappa shape index (κ3) is 2.12. The zero-order valence-corrected chi connectivity index (χ0v) is 13.5. The fraction of sp³-hybridized carbons (Fsp3) is 0.706. The molecule has 0 spiro atoms. The van der Waals surface area contributed by atoms with Gasteiger partial charge in [0.25, 0.3) is 0 Å². The van der Waals surface area contributed by atoms with Crippen molar-refractivity contribution in [2.75, 3.05) is 11.9 Å². The fourth-order valence-corrected chi connectivity index (χ4v) is 4.33. The van der Waals surface area contributed by atoms with Crippen LogP contribution in [0.5, 0.6) is 0 Å². The lowest BCUT2D eigenvalue weighted by Crippen LogP contribution is -2.47. The third-order valence-electron chi connectivity index (χ3n) is 5.37. The van der Waals surface area contributed by atoms with Crippen LogP contribution in [0.2, 0.25) is 0 Å². The first-order chi connectivity index (χ1) is 9.49. The molecule has 4 rings (SSSR count). The number of nitrogens with zero attached hydrogens (tertiary/aromatic N) is 3. The summed E-state index contributed by atoms with van der Waals surface area (Å²) >= 11 is 0. The van der Waals surface area contributed by atoms with E-state index in [0.717, 1.165) is 11.7 Å². The molecule has 0 amide bonds. The van der Waals surface area contributed by atoms with E-state index in [1.165, 1.54) is 42.6 Å². The Kier molecular flexibility index (Phi) is 3.49. The Morgan fingerprint density at radius 2 is 1.65 bits per heavy atom. The Morgan fingerprint density at radius 3 is 2.25 bits per heavy atom. The van der Waals surface area contributed by atoms with Gasteiger partial charge in [-0.2, -0.15) is 0 Å². The van der Waals surface area contributed by atoms with E-state index in [2.05, 4.69) is 50.6 Å². The topological polar surface area (TPSA) is 19.4 Å². The summed E-state index contributed by atoms with van der Waals surface area (Å²) in [6.07, 6.45) is 5.81. The molecular weight excluding hydrogens is 246 g/mol. The van der Waals surface area contributed by atoms with Crippen LogP contribution in [0.15, 0.2) is 6.07 Å². The quantitative estimate of drug-likeness (QED) is 0.781. The molecule has 1 aliphatic carbocycles. The molecule has 20 heavy (non-hydrogen) atoms. The first-order valence-electron chi connectivity index (χ1n) is 7.94. The predicted octanol–water partition coefficient (Wildman–Crippen LogP) is 3.42. The maximum atomic E-state index is 4.72. The second-order valence-electron chi connectivity index (χ2n) is 6.68. The van der Waals surface area contributed by atoms with Crippen molar-refractivity contribution in [2.24, 2.45) is 0 Å². The Bertz CT molecular complexity index is 480. The van der Waals surface area contributed by atoms with Gasteiger partial charge in [-0.3, -0.25) is 9.88 Å². The van der Waals surface area contributed by atoms with E-state index in [9.17, 15) is 0 Å². The molecule has 2 saturated heterocycles. The van der Waals surface area contributed by atoms with Crippen LogP contribution in [0, 0.1) is 20.8 Å². The number of rotatable bonds is 1. The van der Waals surface area contributed by atoms with E-state index >= 15 is 0 Å². The van der Waals surface area contributed by atoms with E-state index < -0.39 is 0 Å². The maximum Gasteiger partial charge on any atom is 0.0795 e. The largest absolute Gasteiger partial charge is 0.351 e. The van der Waals surface area contributed by atoms with Crippen LogP contribution in [0.4, 0.5) is 5.69 Å². The van der Waals surface area contributed by atoms with Crippen molar-refractivity contribution < 1.29 is 0 Å². The molecule has 0 aromatic carbocycles. The molecule has 1 aromatic heterocycles. The van der Waals surface area contributed by atoms with Gasteiger partial charge < -0.3 is 4.90 Å². The number of hydrogen-bond acceptors (Lipinski definition) is 3. The maximum absolute atomic E-state index is 4.72. The molecule has 110 valence electrons. The Morgan fingerprint density at radius 1 is 1.05 bits per heavy atom. The lowest BCUT2D eigenvalue weighted by molar-refractivity contribution is 0.184. The number of anilines is 1. The van der Waals surface area contributed by atoms with Gasteiger partial charge in [0.15, 0.2) is 0 Å². The van der Waals surface area contributed by atoms with Gasteiger partial charge in [0.05, 0.1) is 17.5 Å². The predicted molar refractivity (Wildman–Crippen MR) is 84.2 cm³/mol. The fourth-order valence-electron chi connectivity index (χ4n) is 4.33. The van der Waals surface area contributed by atoms with Crippen LogP contribution in [0.25, 0.3) is 0 Å². The average Bonchev–Trinajstić information content (AvgIpc) is 2.57. The number of hydrogen-bond donors (Lipinski definition) is 0. The highest BCUT2D eigenvalue weighted by Crippen LogP contribution is 2.38. The minimum Gasteiger partial charge on any atom is -0.351 e. The molecule has 1 atom stereocenters. The zero-order valence-electron chi connectivity index (χ0n) is 13.5. The van der Waals surface area contributed by atoms with Crippen molar-refractivity contribution in [3.05, 3.63) is 23.0 Å². The summed E-state index contributed by atoms with van der Waals surface area (Å²) in [7, 11) is 2.29. The van der Waals surface area contributed by atoms with Gasteiger partial charge >= 0.3 is 0 Å². The van der Waals surface area contributed by atoms with Crippen LogP contribution in [-0.4, -0.2) is 35.2 Å². The highest BCUT2D eigenvalue weighted by molar-refractivity contribution is 5.58. The number of aryl methyl sites for hydroxylation is 3. The van der Waals surface area contributed by atoms with Crippen molar-refractivity contribution in [1.82, 2.24) is 9.88 Å². The summed E-state index contributed by atoms with van der Waals surface area (Å²) < 4.78 is 0. The van der Waals surface area contributed by atoms with E-state index in [1.54, 1.807) is 0 Å². The molecule has 0 radical (unpaired) electrons. The first-order valence-corrected chi connectivity index (χ1v) is 7.94. The lowest BCUT2D eigenvalue weighted by atomic mass is 9.91. The van der Waals surface area contributed by atoms with Crippen LogP contribution in [-0.2, 0) is 0 Å². The highest BCUT2D eigenvalue weighted by atomic mass is 15.4. The summed E-state index contributed by atoms with van der Waals surface area (Å²) in [6, 6.07) is 3.69. The van der Waals surface area contributed by atoms with Gasteiger partial charge in [0.1, 0.15) is 0 Å². The van der Waals surface area contributed by atoms with Crippen LogP contribution in [0.1, 0.15) is 49.6 Å². The summed E-state index contributed by atoms with van der Waals surface area (Å²) in [4.78, 5) is 9.95. The zero-order chi connectivity index (χ0) is 14.4. The van der Waals surface area contributed by atoms with Crippen molar-refractivity contribution in [3.63, 3.8) is 0 Å². The van der Waals surface area contributed by atoms with Gasteiger partial charge in [0.2, 0.25) is 0 Å². The number of pyridine rings is 1. The van der Waals surface area contributed by atoms with Gasteiger partial charge in [0, 0.05) is 17.8 Å². The summed E-state index contributed by atoms with van der Waals surface area (Å²) in [5.74, 6) is 0. The van der Waals surface area contributed by atoms with E-state index in [0.29, 0.717) is 12.2 Å². The monoisotopic (exact) mass is 273 g/mol. The molecule has 2 aliphatic heterocycles. The van der Waals surface area contributed by atoms with Gasteiger partial charge in [-0.05, 0) is 72.1 Å². The summed E-state index contributed by atoms with van der Waals surface area (Å²) in [5, 5.41) is 0.